The van der Waals surface area contributed by atoms with Crippen molar-refractivity contribution in [2.45, 2.75) is 203 Å². The van der Waals surface area contributed by atoms with Crippen LogP contribution in [0, 0.1) is 40.5 Å². The van der Waals surface area contributed by atoms with Crippen LogP contribution >= 0.6 is 68.8 Å². The fourth-order valence-corrected chi connectivity index (χ4v) is 22.3. The number of aromatic nitrogens is 7. The summed E-state index contributed by atoms with van der Waals surface area (Å²) in [7, 11) is 6.56. The van der Waals surface area contributed by atoms with Gasteiger partial charge in [-0.2, -0.15) is 0 Å². The largest absolute Gasteiger partial charge is 0.479 e. The van der Waals surface area contributed by atoms with E-state index in [1.807, 2.05) is 182 Å². The summed E-state index contributed by atoms with van der Waals surface area (Å²) in [4.78, 5) is 71.9. The number of aliphatic carboxylic acids is 1. The van der Waals surface area contributed by atoms with Crippen molar-refractivity contribution < 1.29 is 43.2 Å². The van der Waals surface area contributed by atoms with Gasteiger partial charge in [0.15, 0.2) is 18.3 Å². The Kier molecular flexibility index (Phi) is 29.3. The second kappa shape index (κ2) is 39.9. The average molecular weight is 1880 g/mol. The number of thiazole rings is 3. The number of likely N-dealkylation sites (tertiary alicyclic amines) is 3. The van der Waals surface area contributed by atoms with Gasteiger partial charge in [0, 0.05) is 82.9 Å². The number of aryl methyl sites for hydroxylation is 5. The minimum Gasteiger partial charge on any atom is -0.479 e. The number of carbonyl (C=O) groups is 3. The molecule has 3 aliphatic rings. The van der Waals surface area contributed by atoms with Gasteiger partial charge in [0.1, 0.15) is 26.7 Å². The number of benzene rings is 9. The zero-order valence-electron chi connectivity index (χ0n) is 78.5. The van der Waals surface area contributed by atoms with Gasteiger partial charge in [-0.15, -0.1) is 34.0 Å². The Balaban J connectivity index is 0.000000151. The van der Waals surface area contributed by atoms with E-state index < -0.39 is 53.0 Å². The highest BCUT2D eigenvalue weighted by Gasteiger charge is 2.39. The van der Waals surface area contributed by atoms with Crippen molar-refractivity contribution in [2.24, 2.45) is 5.92 Å². The van der Waals surface area contributed by atoms with E-state index in [2.05, 4.69) is 119 Å². The van der Waals surface area contributed by atoms with Crippen LogP contribution in [0.15, 0.2) is 146 Å². The van der Waals surface area contributed by atoms with E-state index in [0.29, 0.717) is 38.6 Å². The summed E-state index contributed by atoms with van der Waals surface area (Å²) in [6.45, 7) is 38.3. The van der Waals surface area contributed by atoms with Gasteiger partial charge < -0.3 is 58.4 Å². The summed E-state index contributed by atoms with van der Waals surface area (Å²) >= 11 is 23.6. The number of anilines is 1. The Bertz CT molecular complexity index is 6540. The lowest BCUT2D eigenvalue weighted by atomic mass is 9.89. The molecule has 9 aromatic carbocycles. The third-order valence-electron chi connectivity index (χ3n) is 24.7. The standard InChI is InChI=1S/C36H41ClN4O3S.C35H42ClN3O3S.C34H37ClN4O3S/c1-8-43-35(42)32(44-36(4,5)6)30-21(2)19-28-33(31(30)23-9-12-25(37)13-10-23)45-34(39-28)24-11-14-29-27(20-24)38-22(3)41(29)26-15-17-40(7)18-16-26;1-7-41-34(40)31(42-35(3,4)5)29-21(2)18-28-32(30(29)23-10-12-26(36)13-11-23)43-33(38-28)25-9-8-24(27(37)20-25)19-22-14-16-39(6)17-15-22;1-19-17-26-31(29(21-7-10-23(35)11-8-21)28(19)30(33(40)41)42-34(3,4)5)43-32(37-26)22-9-12-27-25(18-22)36-20(2)39(27)24-13-15-38(6)16-14-24/h9-14,19-20,26,32H,8,15-18H2,1-7H3;8-13,18,20,22,31H,7,14-17,19,37H2,1-6H3;7-12,17-18,24,30H,13-16H2,1-6H3,(H,40,41)/t32-;31-;30-/m000/s1. The number of halogens is 3. The van der Waals surface area contributed by atoms with Gasteiger partial charge >= 0.3 is 17.9 Å². The zero-order valence-corrected chi connectivity index (χ0v) is 83.3. The lowest BCUT2D eigenvalue weighted by Crippen LogP contribution is -2.31. The van der Waals surface area contributed by atoms with Crippen LogP contribution in [-0.4, -0.2) is 162 Å². The number of nitrogen functional groups attached to an aromatic ring is 1. The highest BCUT2D eigenvalue weighted by Crippen LogP contribution is 2.50. The lowest BCUT2D eigenvalue weighted by molar-refractivity contribution is -0.167. The Morgan fingerprint density at radius 1 is 0.420 bits per heavy atom. The average Bonchev–Trinajstić information content (AvgIpc) is 1.65. The first-order valence-electron chi connectivity index (χ1n) is 45.4. The molecule has 0 aliphatic carbocycles. The fraction of sp³-hybridized carbons (Fsp3) is 0.410. The molecule has 5 aromatic heterocycles. The quantitative estimate of drug-likeness (QED) is 0.0503. The summed E-state index contributed by atoms with van der Waals surface area (Å²) < 4.78 is 37.8. The van der Waals surface area contributed by atoms with Crippen LogP contribution in [0.25, 0.3) is 118 Å². The van der Waals surface area contributed by atoms with Crippen LogP contribution in [0.2, 0.25) is 15.1 Å². The number of piperidine rings is 3. The van der Waals surface area contributed by atoms with Gasteiger partial charge in [-0.25, -0.2) is 39.3 Å². The Morgan fingerprint density at radius 2 is 0.725 bits per heavy atom. The molecule has 26 heteroatoms. The summed E-state index contributed by atoms with van der Waals surface area (Å²) in [5.74, 6) is 0.907. The SMILES string of the molecule is CCOC(=O)[C@@H](OC(C)(C)C)c1c(C)cc2nc(-c3ccc(CC4CCN(C)CC4)c(N)c3)sc2c1-c1ccc(Cl)cc1.CCOC(=O)[C@@H](OC(C)(C)C)c1c(C)cc2nc(-c3ccc4c(c3)nc(C)n4C3CCN(C)CC3)sc2c1-c1ccc(Cl)cc1.Cc1cc2nc(-c3ccc4c(c3)nc(C)n4C3CCN(C)CC3)sc2c(-c2ccc(Cl)cc2)c1[C@H](OC(C)(C)C)C(=O)O. The number of carboxylic acids is 1. The second-order valence-corrected chi connectivity index (χ2v) is 42.4. The number of fused-ring (bicyclic) bond motifs is 5. The monoisotopic (exact) mass is 1880 g/mol. The Morgan fingerprint density at radius 3 is 1.05 bits per heavy atom. The molecule has 3 fully saturated rings. The predicted molar refractivity (Wildman–Crippen MR) is 538 cm³/mol. The summed E-state index contributed by atoms with van der Waals surface area (Å²) in [6.07, 6.45) is 4.94. The van der Waals surface area contributed by atoms with Crippen LogP contribution in [0.1, 0.15) is 196 Å². The van der Waals surface area contributed by atoms with Crippen molar-refractivity contribution in [1.82, 2.24) is 48.8 Å². The molecule has 3 N–H and O–H groups in total. The van der Waals surface area contributed by atoms with Crippen LogP contribution in [0.5, 0.6) is 0 Å². The molecule has 0 spiro atoms. The van der Waals surface area contributed by atoms with Crippen molar-refractivity contribution in [3.63, 3.8) is 0 Å². The first-order chi connectivity index (χ1) is 62.2. The minimum absolute atomic E-state index is 0.264. The topological polar surface area (TPSA) is 228 Å². The number of rotatable bonds is 21. The van der Waals surface area contributed by atoms with Crippen LogP contribution in [0.4, 0.5) is 5.69 Å². The molecule has 0 amide bonds. The van der Waals surface area contributed by atoms with Gasteiger partial charge in [0.05, 0.1) is 82.7 Å². The number of ether oxygens (including phenoxy) is 5. The minimum atomic E-state index is -1.15. The molecule has 20 nitrogen and oxygen atoms in total. The molecule has 14 aromatic rings. The molecule has 0 radical (unpaired) electrons. The lowest BCUT2D eigenvalue weighted by Gasteiger charge is -2.30. The van der Waals surface area contributed by atoms with Crippen molar-refractivity contribution in [1.29, 1.82) is 0 Å². The van der Waals surface area contributed by atoms with Crippen molar-refractivity contribution in [3.05, 3.63) is 211 Å². The second-order valence-electron chi connectivity index (χ2n) is 38.1. The number of nitrogens with zero attached hydrogens (tertiary/aromatic N) is 10. The summed E-state index contributed by atoms with van der Waals surface area (Å²) in [5.41, 5.74) is 26.8. The molecule has 0 bridgehead atoms. The van der Waals surface area contributed by atoms with Crippen LogP contribution in [-0.2, 0) is 44.5 Å². The van der Waals surface area contributed by atoms with Gasteiger partial charge in [-0.3, -0.25) is 0 Å². The highest BCUT2D eigenvalue weighted by atomic mass is 35.5. The highest BCUT2D eigenvalue weighted by molar-refractivity contribution is 7.23. The van der Waals surface area contributed by atoms with Crippen molar-refractivity contribution in [2.75, 3.05) is 79.4 Å². The molecule has 8 heterocycles. The molecule has 3 atom stereocenters. The van der Waals surface area contributed by atoms with Gasteiger partial charge in [-0.1, -0.05) is 83.3 Å². The smallest absolute Gasteiger partial charge is 0.339 e. The maximum atomic E-state index is 13.5. The summed E-state index contributed by atoms with van der Waals surface area (Å²) in [5, 5.41) is 14.9. The first kappa shape index (κ1) is 96.0. The van der Waals surface area contributed by atoms with E-state index in [-0.39, 0.29) is 13.2 Å². The number of carbonyl (C=O) groups excluding carboxylic acids is 2. The third-order valence-corrected chi connectivity index (χ3v) is 28.8. The first-order valence-corrected chi connectivity index (χ1v) is 49.0. The van der Waals surface area contributed by atoms with Crippen molar-refractivity contribution in [3.8, 4) is 65.1 Å². The fourth-order valence-electron chi connectivity index (χ4n) is 18.5. The molecule has 3 saturated heterocycles. The van der Waals surface area contributed by atoms with Crippen molar-refractivity contribution >= 4 is 145 Å². The molecule has 131 heavy (non-hydrogen) atoms. The van der Waals surface area contributed by atoms with E-state index in [1.165, 1.54) is 23.9 Å². The molecular weight excluding hydrogens is 1760 g/mol. The zero-order chi connectivity index (χ0) is 93.6. The Hall–Kier alpha value is -9.57. The summed E-state index contributed by atoms with van der Waals surface area (Å²) in [6, 6.07) is 49.2. The molecular formula is C105H120Cl3N11O9S3. The number of imidazole rings is 2. The van der Waals surface area contributed by atoms with E-state index >= 15 is 0 Å². The van der Waals surface area contributed by atoms with E-state index in [4.69, 9.17) is 89.1 Å². The molecule has 0 unspecified atom stereocenters. The van der Waals surface area contributed by atoms with Crippen LogP contribution in [0.3, 0.4) is 0 Å². The maximum Gasteiger partial charge on any atom is 0.339 e. The molecule has 0 saturated carbocycles. The van der Waals surface area contributed by atoms with Crippen LogP contribution < -0.4 is 5.73 Å². The van der Waals surface area contributed by atoms with Gasteiger partial charge in [-0.05, 0) is 358 Å². The van der Waals surface area contributed by atoms with E-state index in [9.17, 15) is 19.5 Å². The number of nitrogens with two attached hydrogens (primary N) is 1. The number of esters is 2. The van der Waals surface area contributed by atoms with Gasteiger partial charge in [0.25, 0.3) is 0 Å². The Labute approximate surface area is 795 Å². The predicted octanol–water partition coefficient (Wildman–Crippen LogP) is 25.9. The molecule has 3 aliphatic heterocycles. The third kappa shape index (κ3) is 21.8. The van der Waals surface area contributed by atoms with Gasteiger partial charge in [0.2, 0.25) is 0 Å². The number of carboxylic acid groups (broad SMARTS) is 1. The number of hydrogen-bond donors (Lipinski definition) is 2. The molecule has 17 rings (SSSR count). The molecule has 688 valence electrons. The van der Waals surface area contributed by atoms with E-state index in [0.717, 1.165) is 229 Å². The maximum absolute atomic E-state index is 13.5. The normalized spacial score (nSPS) is 15.7. The van der Waals surface area contributed by atoms with E-state index in [1.54, 1.807) is 34.0 Å². The number of hydrogen-bond acceptors (Lipinski definition) is 20.